The average Bonchev–Trinajstić information content (AvgIpc) is 3.77. The van der Waals surface area contributed by atoms with E-state index in [4.69, 9.17) is 14.4 Å². The summed E-state index contributed by atoms with van der Waals surface area (Å²) in [5.74, 6) is 3.30. The zero-order valence-corrected chi connectivity index (χ0v) is 25.5. The fraction of sp³-hybridized carbons (Fsp3) is 0.256. The third-order valence-electron chi connectivity index (χ3n) is 13.3. The first-order valence-corrected chi connectivity index (χ1v) is 17.1. The zero-order valence-electron chi connectivity index (χ0n) is 25.5. The molecule has 5 aliphatic rings. The molecule has 46 heavy (non-hydrogen) atoms. The van der Waals surface area contributed by atoms with E-state index in [-0.39, 0.29) is 5.41 Å². The molecule has 2 aromatic heterocycles. The molecule has 5 aliphatic carbocycles. The Bertz CT molecular complexity index is 2430. The van der Waals surface area contributed by atoms with Gasteiger partial charge in [0.15, 0.2) is 0 Å². The highest BCUT2D eigenvalue weighted by Gasteiger charge is 2.79. The van der Waals surface area contributed by atoms with E-state index in [2.05, 4.69) is 97.1 Å². The van der Waals surface area contributed by atoms with Crippen LogP contribution in [0.25, 0.3) is 66.6 Å². The molecule has 0 aliphatic heterocycles. The number of aromatic nitrogens is 2. The number of hydrogen-bond acceptors (Lipinski definition) is 3. The van der Waals surface area contributed by atoms with Crippen molar-refractivity contribution in [1.29, 1.82) is 0 Å². The second-order valence-electron chi connectivity index (χ2n) is 15.1. The van der Waals surface area contributed by atoms with Gasteiger partial charge in [-0.05, 0) is 112 Å². The Morgan fingerprint density at radius 1 is 0.609 bits per heavy atom. The normalized spacial score (nSPS) is 29.5. The Labute approximate surface area is 267 Å². The van der Waals surface area contributed by atoms with E-state index >= 15 is 0 Å². The van der Waals surface area contributed by atoms with E-state index in [1.54, 1.807) is 11.1 Å². The van der Waals surface area contributed by atoms with Crippen molar-refractivity contribution in [1.82, 2.24) is 9.97 Å². The van der Waals surface area contributed by atoms with Gasteiger partial charge in [0.1, 0.15) is 16.8 Å². The van der Waals surface area contributed by atoms with Gasteiger partial charge in [-0.3, -0.25) is 0 Å². The summed E-state index contributed by atoms with van der Waals surface area (Å²) in [6.45, 7) is 0. The van der Waals surface area contributed by atoms with Gasteiger partial charge in [-0.15, -0.1) is 0 Å². The van der Waals surface area contributed by atoms with Crippen molar-refractivity contribution in [2.75, 3.05) is 0 Å². The molecule has 4 saturated carbocycles. The summed E-state index contributed by atoms with van der Waals surface area (Å²) in [6, 6.07) is 40.0. The lowest BCUT2D eigenvalue weighted by molar-refractivity contribution is -0.0819. The lowest BCUT2D eigenvalue weighted by atomic mass is 9.38. The van der Waals surface area contributed by atoms with Crippen molar-refractivity contribution >= 4 is 33.0 Å². The van der Waals surface area contributed by atoms with Gasteiger partial charge in [-0.2, -0.15) is 0 Å². The quantitative estimate of drug-likeness (QED) is 0.200. The van der Waals surface area contributed by atoms with E-state index in [1.165, 1.54) is 54.0 Å². The smallest absolute Gasteiger partial charge is 0.246 e. The summed E-state index contributed by atoms with van der Waals surface area (Å²) >= 11 is 0. The van der Waals surface area contributed by atoms with Gasteiger partial charge in [0.25, 0.3) is 0 Å². The minimum Gasteiger partial charge on any atom is -0.436 e. The van der Waals surface area contributed by atoms with E-state index in [9.17, 15) is 0 Å². The molecule has 0 amide bonds. The van der Waals surface area contributed by atoms with Crippen LogP contribution in [0.4, 0.5) is 0 Å². The maximum absolute atomic E-state index is 6.26. The van der Waals surface area contributed by atoms with Gasteiger partial charge in [0.05, 0.1) is 5.69 Å². The van der Waals surface area contributed by atoms with Crippen molar-refractivity contribution in [3.8, 4) is 33.6 Å². The molecule has 220 valence electrons. The van der Waals surface area contributed by atoms with Crippen molar-refractivity contribution in [3.05, 3.63) is 120 Å². The molecule has 2 heterocycles. The summed E-state index contributed by atoms with van der Waals surface area (Å²) in [6.07, 6.45) is 7.19. The maximum Gasteiger partial charge on any atom is 0.246 e. The molecule has 4 atom stereocenters. The predicted octanol–water partition coefficient (Wildman–Crippen LogP) is 10.6. The molecule has 4 fully saturated rings. The Kier molecular flexibility index (Phi) is 4.33. The van der Waals surface area contributed by atoms with Gasteiger partial charge >= 0.3 is 0 Å². The molecular weight excluding hydrogens is 560 g/mol. The van der Waals surface area contributed by atoms with Gasteiger partial charge in [-0.1, -0.05) is 91.0 Å². The van der Waals surface area contributed by atoms with Gasteiger partial charge in [0, 0.05) is 21.9 Å². The number of para-hydroxylation sites is 1. The molecule has 12 rings (SSSR count). The van der Waals surface area contributed by atoms with Crippen LogP contribution in [0, 0.1) is 29.1 Å². The molecule has 3 nitrogen and oxygen atoms in total. The molecule has 0 radical (unpaired) electrons. The summed E-state index contributed by atoms with van der Waals surface area (Å²) in [5, 5.41) is 3.76. The highest BCUT2D eigenvalue weighted by Crippen LogP contribution is 2.85. The van der Waals surface area contributed by atoms with Crippen LogP contribution in [0.5, 0.6) is 0 Å². The van der Waals surface area contributed by atoms with Gasteiger partial charge < -0.3 is 4.42 Å². The van der Waals surface area contributed by atoms with Crippen LogP contribution in [-0.2, 0) is 5.41 Å². The van der Waals surface area contributed by atoms with E-state index in [1.807, 2.05) is 12.1 Å². The van der Waals surface area contributed by atoms with Gasteiger partial charge in [-0.25, -0.2) is 9.97 Å². The Morgan fingerprint density at radius 2 is 1.35 bits per heavy atom. The number of benzene rings is 5. The summed E-state index contributed by atoms with van der Waals surface area (Å²) in [5.41, 5.74) is 13.1. The number of furan rings is 1. The first kappa shape index (κ1) is 24.5. The molecule has 3 bridgehead atoms. The van der Waals surface area contributed by atoms with Crippen molar-refractivity contribution in [2.24, 2.45) is 29.1 Å². The second-order valence-corrected chi connectivity index (χ2v) is 15.1. The van der Waals surface area contributed by atoms with Crippen LogP contribution in [0.3, 0.4) is 0 Å². The molecule has 7 aromatic rings. The first-order valence-electron chi connectivity index (χ1n) is 17.1. The van der Waals surface area contributed by atoms with Crippen LogP contribution >= 0.6 is 0 Å². The lowest BCUT2D eigenvalue weighted by Crippen LogP contribution is -2.62. The van der Waals surface area contributed by atoms with Crippen molar-refractivity contribution < 1.29 is 4.42 Å². The lowest BCUT2D eigenvalue weighted by Gasteiger charge is -2.64. The Balaban J connectivity index is 1.16. The maximum atomic E-state index is 6.26. The van der Waals surface area contributed by atoms with E-state index in [0.29, 0.717) is 11.1 Å². The average molecular weight is 593 g/mol. The Hall–Kier alpha value is -4.76. The van der Waals surface area contributed by atoms with E-state index in [0.717, 1.165) is 62.7 Å². The monoisotopic (exact) mass is 592 g/mol. The van der Waals surface area contributed by atoms with Gasteiger partial charge in [0.2, 0.25) is 5.71 Å². The van der Waals surface area contributed by atoms with E-state index < -0.39 is 0 Å². The van der Waals surface area contributed by atoms with Crippen LogP contribution in [0.2, 0.25) is 0 Å². The fourth-order valence-electron chi connectivity index (χ4n) is 12.1. The predicted molar refractivity (Wildman–Crippen MR) is 183 cm³/mol. The second kappa shape index (κ2) is 8.14. The van der Waals surface area contributed by atoms with Crippen molar-refractivity contribution in [2.45, 2.75) is 37.5 Å². The Morgan fingerprint density at radius 3 is 2.20 bits per heavy atom. The minimum atomic E-state index is 0.0986. The molecule has 4 unspecified atom stereocenters. The SMILES string of the molecule is c1ccc(-c2nc3oc4ccccc4c3nc2-c2ccc3c(c2)C2(c4ccc5ccccc5c4-3)C3CC4CC5CC2C3(C4)C5)cc1. The van der Waals surface area contributed by atoms with Crippen LogP contribution in [0.15, 0.2) is 114 Å². The minimum absolute atomic E-state index is 0.0986. The highest BCUT2D eigenvalue weighted by molar-refractivity contribution is 6.05. The number of nitrogens with zero attached hydrogens (tertiary/aromatic N) is 2. The molecule has 0 saturated heterocycles. The molecule has 3 heteroatoms. The standard InChI is InChI=1S/C43H32N2O/c1-2-9-27(10-3-1)38-39(44-40-31-12-6-7-13-34(31)46-41(40)45-38)28-14-16-30-33(21-28)43(32-17-15-26-8-4-5-11-29(26)37(30)32)35-19-24-18-25-20-36(43)42(35,22-24)23-25/h1-17,21,24-25,35-36H,18-20,22-23H2. The third-order valence-corrected chi connectivity index (χ3v) is 13.3. The van der Waals surface area contributed by atoms with Crippen molar-refractivity contribution in [3.63, 3.8) is 0 Å². The topological polar surface area (TPSA) is 38.9 Å². The summed E-state index contributed by atoms with van der Waals surface area (Å²) in [4.78, 5) is 10.6. The summed E-state index contributed by atoms with van der Waals surface area (Å²) in [7, 11) is 0. The fourth-order valence-corrected chi connectivity index (χ4v) is 12.1. The summed E-state index contributed by atoms with van der Waals surface area (Å²) < 4.78 is 6.26. The van der Waals surface area contributed by atoms with Crippen LogP contribution < -0.4 is 0 Å². The van der Waals surface area contributed by atoms with Crippen LogP contribution in [-0.4, -0.2) is 9.97 Å². The molecule has 2 spiro atoms. The number of fused-ring (bicyclic) bond motifs is 14. The third kappa shape index (κ3) is 2.72. The highest BCUT2D eigenvalue weighted by atomic mass is 16.3. The molecular formula is C43H32N2O. The molecule has 5 aromatic carbocycles. The number of hydrogen-bond donors (Lipinski definition) is 0. The first-order chi connectivity index (χ1) is 22.7. The zero-order chi connectivity index (χ0) is 29.8. The number of rotatable bonds is 2. The van der Waals surface area contributed by atoms with Crippen LogP contribution in [0.1, 0.15) is 43.2 Å². The molecule has 0 N–H and O–H groups in total. The largest absolute Gasteiger partial charge is 0.436 e.